The van der Waals surface area contributed by atoms with Crippen molar-refractivity contribution in [3.05, 3.63) is 67.3 Å². The third kappa shape index (κ3) is 5.61. The van der Waals surface area contributed by atoms with Crippen molar-refractivity contribution in [1.82, 2.24) is 0 Å². The summed E-state index contributed by atoms with van der Waals surface area (Å²) in [5.74, 6) is -0.103. The van der Waals surface area contributed by atoms with Crippen LogP contribution in [0.2, 0.25) is 0 Å². The van der Waals surface area contributed by atoms with Gasteiger partial charge >= 0.3 is 12.1 Å². The zero-order valence-corrected chi connectivity index (χ0v) is 13.1. The largest absolute Gasteiger partial charge is 0.513 e. The molecule has 24 heavy (non-hydrogen) atoms. The zero-order valence-electron chi connectivity index (χ0n) is 13.1. The summed E-state index contributed by atoms with van der Waals surface area (Å²) in [6.07, 6.45) is 0.674. The lowest BCUT2D eigenvalue weighted by Gasteiger charge is -2.07. The maximum atomic E-state index is 11.6. The molecule has 2 aromatic rings. The second-order valence-corrected chi connectivity index (χ2v) is 4.82. The molecule has 0 aliphatic heterocycles. The van der Waals surface area contributed by atoms with Crippen molar-refractivity contribution in [2.75, 3.05) is 13.2 Å². The highest BCUT2D eigenvalue weighted by Gasteiger charge is 2.06. The summed E-state index contributed by atoms with van der Waals surface area (Å²) < 4.78 is 14.7. The van der Waals surface area contributed by atoms with Crippen LogP contribution < -0.4 is 4.74 Å². The highest BCUT2D eigenvalue weighted by molar-refractivity contribution is 5.81. The topological polar surface area (TPSA) is 61.8 Å². The van der Waals surface area contributed by atoms with Gasteiger partial charge in [-0.05, 0) is 23.3 Å². The van der Waals surface area contributed by atoms with Crippen molar-refractivity contribution < 1.29 is 23.8 Å². The quantitative estimate of drug-likeness (QED) is 0.333. The Morgan fingerprint density at radius 1 is 0.875 bits per heavy atom. The lowest BCUT2D eigenvalue weighted by atomic mass is 10.1. The molecule has 2 rings (SSSR count). The molecule has 0 aliphatic rings. The fraction of sp³-hybridized carbons (Fsp3) is 0.158. The van der Waals surface area contributed by atoms with E-state index >= 15 is 0 Å². The van der Waals surface area contributed by atoms with Gasteiger partial charge in [-0.3, -0.25) is 0 Å². The fourth-order valence-corrected chi connectivity index (χ4v) is 1.92. The summed E-state index contributed by atoms with van der Waals surface area (Å²) in [6.45, 7) is 3.54. The number of esters is 1. The molecule has 0 saturated carbocycles. The summed E-state index contributed by atoms with van der Waals surface area (Å²) in [5.41, 5.74) is 2.11. The van der Waals surface area contributed by atoms with Crippen LogP contribution in [0.5, 0.6) is 5.75 Å². The Bertz CT molecular complexity index is 677. The average molecular weight is 326 g/mol. The molecular weight excluding hydrogens is 308 g/mol. The number of hydrogen-bond donors (Lipinski definition) is 0. The standard InChI is InChI=1S/C19H18O5/c1-2-18(20)22-13-6-14-23-19(21)24-17-11-9-16(10-12-17)15-7-4-3-5-8-15/h2-5,7-12H,1,6,13-14H2. The van der Waals surface area contributed by atoms with Crippen molar-refractivity contribution in [3.8, 4) is 16.9 Å². The summed E-state index contributed by atoms with van der Waals surface area (Å²) in [5, 5.41) is 0. The molecule has 5 nitrogen and oxygen atoms in total. The van der Waals surface area contributed by atoms with Crippen LogP contribution in [0.1, 0.15) is 6.42 Å². The molecule has 0 bridgehead atoms. The molecule has 0 atom stereocenters. The Morgan fingerprint density at radius 2 is 1.50 bits per heavy atom. The molecule has 2 aromatic carbocycles. The van der Waals surface area contributed by atoms with Gasteiger partial charge in [-0.2, -0.15) is 0 Å². The van der Waals surface area contributed by atoms with E-state index in [1.807, 2.05) is 42.5 Å². The van der Waals surface area contributed by atoms with Gasteiger partial charge in [-0.25, -0.2) is 9.59 Å². The van der Waals surface area contributed by atoms with Gasteiger partial charge in [-0.15, -0.1) is 0 Å². The minimum atomic E-state index is -0.794. The molecule has 0 spiro atoms. The van der Waals surface area contributed by atoms with Crippen LogP contribution in [-0.2, 0) is 14.3 Å². The minimum Gasteiger partial charge on any atom is -0.462 e. The molecular formula is C19H18O5. The van der Waals surface area contributed by atoms with E-state index in [4.69, 9.17) is 14.2 Å². The molecule has 0 amide bonds. The second kappa shape index (κ2) is 9.15. The SMILES string of the molecule is C=CC(=O)OCCCOC(=O)Oc1ccc(-c2ccccc2)cc1. The first-order valence-corrected chi connectivity index (χ1v) is 7.48. The van der Waals surface area contributed by atoms with Crippen LogP contribution in [0, 0.1) is 0 Å². The first kappa shape index (κ1) is 17.3. The third-order valence-electron chi connectivity index (χ3n) is 3.08. The smallest absolute Gasteiger partial charge is 0.462 e. The number of carbonyl (C=O) groups excluding carboxylic acids is 2. The van der Waals surface area contributed by atoms with E-state index in [1.165, 1.54) is 0 Å². The van der Waals surface area contributed by atoms with Crippen LogP contribution >= 0.6 is 0 Å². The lowest BCUT2D eigenvalue weighted by molar-refractivity contribution is -0.138. The normalized spacial score (nSPS) is 9.83. The van der Waals surface area contributed by atoms with Crippen molar-refractivity contribution in [1.29, 1.82) is 0 Å². The molecule has 0 N–H and O–H groups in total. The lowest BCUT2D eigenvalue weighted by Crippen LogP contribution is -2.13. The van der Waals surface area contributed by atoms with Gasteiger partial charge in [0, 0.05) is 12.5 Å². The molecule has 0 aromatic heterocycles. The van der Waals surface area contributed by atoms with Gasteiger partial charge in [0.15, 0.2) is 0 Å². The van der Waals surface area contributed by atoms with Gasteiger partial charge in [0.2, 0.25) is 0 Å². The van der Waals surface area contributed by atoms with E-state index in [2.05, 4.69) is 6.58 Å². The van der Waals surface area contributed by atoms with Crippen molar-refractivity contribution >= 4 is 12.1 Å². The van der Waals surface area contributed by atoms with Gasteiger partial charge in [0.05, 0.1) is 13.2 Å². The molecule has 0 unspecified atom stereocenters. The van der Waals surface area contributed by atoms with E-state index in [1.54, 1.807) is 12.1 Å². The van der Waals surface area contributed by atoms with Crippen molar-refractivity contribution in [3.63, 3.8) is 0 Å². The maximum absolute atomic E-state index is 11.6. The maximum Gasteiger partial charge on any atom is 0.513 e. The van der Waals surface area contributed by atoms with E-state index in [9.17, 15) is 9.59 Å². The molecule has 5 heteroatoms. The van der Waals surface area contributed by atoms with Crippen LogP contribution in [0.15, 0.2) is 67.3 Å². The first-order valence-electron chi connectivity index (χ1n) is 7.48. The molecule has 0 saturated heterocycles. The summed E-state index contributed by atoms with van der Waals surface area (Å²) in [4.78, 5) is 22.4. The van der Waals surface area contributed by atoms with Gasteiger partial charge in [-0.1, -0.05) is 49.0 Å². The third-order valence-corrected chi connectivity index (χ3v) is 3.08. The highest BCUT2D eigenvalue weighted by atomic mass is 16.7. The van der Waals surface area contributed by atoms with Crippen LogP contribution in [0.3, 0.4) is 0 Å². The number of ether oxygens (including phenoxy) is 3. The predicted molar refractivity (Wildman–Crippen MR) is 89.6 cm³/mol. The predicted octanol–water partition coefficient (Wildman–Crippen LogP) is 3.99. The molecule has 0 radical (unpaired) electrons. The Hall–Kier alpha value is -3.08. The van der Waals surface area contributed by atoms with Crippen LogP contribution in [0.25, 0.3) is 11.1 Å². The first-order chi connectivity index (χ1) is 11.7. The van der Waals surface area contributed by atoms with Crippen molar-refractivity contribution in [2.24, 2.45) is 0 Å². The van der Waals surface area contributed by atoms with Crippen LogP contribution in [-0.4, -0.2) is 25.3 Å². The van der Waals surface area contributed by atoms with E-state index in [0.717, 1.165) is 17.2 Å². The summed E-state index contributed by atoms with van der Waals surface area (Å²) >= 11 is 0. The van der Waals surface area contributed by atoms with Gasteiger partial charge < -0.3 is 14.2 Å². The zero-order chi connectivity index (χ0) is 17.2. The molecule has 0 aliphatic carbocycles. The molecule has 0 heterocycles. The van der Waals surface area contributed by atoms with Crippen molar-refractivity contribution in [2.45, 2.75) is 6.42 Å². The minimum absolute atomic E-state index is 0.103. The Kier molecular flexibility index (Phi) is 6.58. The average Bonchev–Trinajstić information content (AvgIpc) is 2.62. The molecule has 124 valence electrons. The van der Waals surface area contributed by atoms with Gasteiger partial charge in [0.1, 0.15) is 5.75 Å². The highest BCUT2D eigenvalue weighted by Crippen LogP contribution is 2.22. The van der Waals surface area contributed by atoms with E-state index in [-0.39, 0.29) is 13.2 Å². The van der Waals surface area contributed by atoms with E-state index in [0.29, 0.717) is 12.2 Å². The monoisotopic (exact) mass is 326 g/mol. The van der Waals surface area contributed by atoms with Crippen LogP contribution in [0.4, 0.5) is 4.79 Å². The number of benzene rings is 2. The number of hydrogen-bond acceptors (Lipinski definition) is 5. The number of rotatable bonds is 7. The fourth-order valence-electron chi connectivity index (χ4n) is 1.92. The van der Waals surface area contributed by atoms with Gasteiger partial charge in [0.25, 0.3) is 0 Å². The summed E-state index contributed by atoms with van der Waals surface area (Å²) in [7, 11) is 0. The Morgan fingerprint density at radius 3 is 2.17 bits per heavy atom. The Labute approximate surface area is 140 Å². The molecule has 0 fully saturated rings. The van der Waals surface area contributed by atoms with E-state index < -0.39 is 12.1 Å². The second-order valence-electron chi connectivity index (χ2n) is 4.82. The number of carbonyl (C=O) groups is 2. The summed E-state index contributed by atoms with van der Waals surface area (Å²) in [6, 6.07) is 17.0. The Balaban J connectivity index is 1.74.